The maximum atomic E-state index is 3.65. The smallest absolute Gasteiger partial charge is 0.0108 e. The minimum Gasteiger partial charge on any atom is -0.316 e. The molecule has 1 aliphatic rings. The summed E-state index contributed by atoms with van der Waals surface area (Å²) in [6.45, 7) is 4.62. The third-order valence-electron chi connectivity index (χ3n) is 3.90. The third kappa shape index (κ3) is 4.85. The van der Waals surface area contributed by atoms with Crippen molar-refractivity contribution >= 4 is 11.8 Å². The number of unbranched alkanes of at least 4 members (excludes halogenated alkanes) is 5. The first-order valence-electron chi connectivity index (χ1n) is 7.84. The first-order valence-corrected chi connectivity index (χ1v) is 8.83. The lowest BCUT2D eigenvalue weighted by Gasteiger charge is -2.11. The van der Waals surface area contributed by atoms with Crippen molar-refractivity contribution in [2.45, 2.75) is 56.3 Å². The van der Waals surface area contributed by atoms with Gasteiger partial charge in [0.05, 0.1) is 0 Å². The number of nitrogens with one attached hydrogen (secondary N) is 1. The van der Waals surface area contributed by atoms with Gasteiger partial charge in [-0.05, 0) is 24.6 Å². The number of thioether (sulfide) groups is 1. The van der Waals surface area contributed by atoms with E-state index < -0.39 is 0 Å². The second-order valence-electron chi connectivity index (χ2n) is 5.52. The fraction of sp³-hybridized carbons (Fsp3) is 0.647. The maximum absolute atomic E-state index is 3.65. The van der Waals surface area contributed by atoms with E-state index in [0.29, 0.717) is 0 Å². The zero-order valence-corrected chi connectivity index (χ0v) is 13.0. The Bertz CT molecular complexity index is 364. The van der Waals surface area contributed by atoms with Gasteiger partial charge in [0.1, 0.15) is 0 Å². The summed E-state index contributed by atoms with van der Waals surface area (Å²) in [5, 5.41) is 3.65. The van der Waals surface area contributed by atoms with Crippen molar-refractivity contribution in [3.05, 3.63) is 29.8 Å². The van der Waals surface area contributed by atoms with Gasteiger partial charge in [-0.25, -0.2) is 0 Å². The number of fused-ring (bicyclic) bond motifs is 1. The van der Waals surface area contributed by atoms with Gasteiger partial charge >= 0.3 is 0 Å². The van der Waals surface area contributed by atoms with Crippen LogP contribution in [0.2, 0.25) is 0 Å². The van der Waals surface area contributed by atoms with Crippen molar-refractivity contribution in [1.29, 1.82) is 0 Å². The number of rotatable bonds is 9. The van der Waals surface area contributed by atoms with Gasteiger partial charge < -0.3 is 5.32 Å². The Hall–Kier alpha value is -0.470. The highest BCUT2D eigenvalue weighted by molar-refractivity contribution is 7.99. The van der Waals surface area contributed by atoms with E-state index in [-0.39, 0.29) is 0 Å². The predicted molar refractivity (Wildman–Crippen MR) is 86.2 cm³/mol. The van der Waals surface area contributed by atoms with Crippen LogP contribution in [0.15, 0.2) is 29.2 Å². The topological polar surface area (TPSA) is 12.0 Å². The lowest BCUT2D eigenvalue weighted by molar-refractivity contribution is 0.556. The Balaban J connectivity index is 1.55. The van der Waals surface area contributed by atoms with Gasteiger partial charge in [0.2, 0.25) is 0 Å². The normalized spacial score (nSPS) is 17.6. The Kier molecular flexibility index (Phi) is 6.80. The molecule has 0 radical (unpaired) electrons. The molecule has 0 saturated heterocycles. The summed E-state index contributed by atoms with van der Waals surface area (Å²) in [6, 6.07) is 8.88. The van der Waals surface area contributed by atoms with Gasteiger partial charge in [0.25, 0.3) is 0 Å². The van der Waals surface area contributed by atoms with Gasteiger partial charge in [-0.1, -0.05) is 57.2 Å². The highest BCUT2D eigenvalue weighted by Gasteiger charge is 2.21. The SMILES string of the molecule is CCCCCCCCNCC1CSc2ccccc21. The van der Waals surface area contributed by atoms with Crippen molar-refractivity contribution in [3.63, 3.8) is 0 Å². The molecular weight excluding hydrogens is 250 g/mol. The van der Waals surface area contributed by atoms with Crippen molar-refractivity contribution in [2.24, 2.45) is 0 Å². The largest absolute Gasteiger partial charge is 0.316 e. The fourth-order valence-corrected chi connectivity index (χ4v) is 3.96. The van der Waals surface area contributed by atoms with Gasteiger partial charge in [0, 0.05) is 23.1 Å². The minimum atomic E-state index is 0.723. The summed E-state index contributed by atoms with van der Waals surface area (Å²) < 4.78 is 0. The summed E-state index contributed by atoms with van der Waals surface area (Å²) in [4.78, 5) is 1.49. The standard InChI is InChI=1S/C17H27NS/c1-2-3-4-5-6-9-12-18-13-15-14-19-17-11-8-7-10-16(15)17/h7-8,10-11,15,18H,2-6,9,12-14H2,1H3. The highest BCUT2D eigenvalue weighted by Crippen LogP contribution is 2.38. The summed E-state index contributed by atoms with van der Waals surface area (Å²) in [7, 11) is 0. The molecule has 0 fully saturated rings. The molecule has 106 valence electrons. The molecule has 1 heterocycles. The predicted octanol–water partition coefficient (Wildman–Crippen LogP) is 4.83. The second-order valence-corrected chi connectivity index (χ2v) is 6.58. The lowest BCUT2D eigenvalue weighted by atomic mass is 10.0. The second kappa shape index (κ2) is 8.65. The zero-order chi connectivity index (χ0) is 13.3. The monoisotopic (exact) mass is 277 g/mol. The van der Waals surface area contributed by atoms with Crippen LogP contribution in [-0.4, -0.2) is 18.8 Å². The zero-order valence-electron chi connectivity index (χ0n) is 12.2. The number of hydrogen-bond donors (Lipinski definition) is 1. The van der Waals surface area contributed by atoms with Crippen LogP contribution in [0.5, 0.6) is 0 Å². The molecule has 0 aromatic heterocycles. The number of benzene rings is 1. The van der Waals surface area contributed by atoms with E-state index in [4.69, 9.17) is 0 Å². The van der Waals surface area contributed by atoms with Crippen molar-refractivity contribution in [3.8, 4) is 0 Å². The molecule has 0 bridgehead atoms. The average Bonchev–Trinajstić information content (AvgIpc) is 2.85. The Morgan fingerprint density at radius 1 is 1.11 bits per heavy atom. The molecule has 19 heavy (non-hydrogen) atoms. The molecule has 0 amide bonds. The van der Waals surface area contributed by atoms with Crippen molar-refractivity contribution in [1.82, 2.24) is 5.32 Å². The Morgan fingerprint density at radius 2 is 1.89 bits per heavy atom. The molecule has 1 aromatic rings. The van der Waals surface area contributed by atoms with Gasteiger partial charge in [0.15, 0.2) is 0 Å². The summed E-state index contributed by atoms with van der Waals surface area (Å²) in [5.41, 5.74) is 1.56. The van der Waals surface area contributed by atoms with Crippen LogP contribution in [0.4, 0.5) is 0 Å². The van der Waals surface area contributed by atoms with Crippen LogP contribution in [0.3, 0.4) is 0 Å². The van der Waals surface area contributed by atoms with Gasteiger partial charge in [-0.3, -0.25) is 0 Å². The summed E-state index contributed by atoms with van der Waals surface area (Å²) >= 11 is 2.01. The molecule has 1 N–H and O–H groups in total. The molecule has 1 aromatic carbocycles. The minimum absolute atomic E-state index is 0.723. The van der Waals surface area contributed by atoms with Crippen LogP contribution in [0, 0.1) is 0 Å². The van der Waals surface area contributed by atoms with E-state index in [1.54, 1.807) is 5.56 Å². The number of hydrogen-bond acceptors (Lipinski definition) is 2. The first kappa shape index (κ1) is 14.9. The maximum Gasteiger partial charge on any atom is 0.0108 e. The highest BCUT2D eigenvalue weighted by atomic mass is 32.2. The third-order valence-corrected chi connectivity index (χ3v) is 5.15. The van der Waals surface area contributed by atoms with Crippen LogP contribution in [0.1, 0.15) is 56.9 Å². The van der Waals surface area contributed by atoms with Gasteiger partial charge in [-0.15, -0.1) is 11.8 Å². The van der Waals surface area contributed by atoms with E-state index >= 15 is 0 Å². The fourth-order valence-electron chi connectivity index (χ4n) is 2.70. The quantitative estimate of drug-likeness (QED) is 0.649. The average molecular weight is 277 g/mol. The van der Waals surface area contributed by atoms with Crippen molar-refractivity contribution in [2.75, 3.05) is 18.8 Å². The van der Waals surface area contributed by atoms with Crippen LogP contribution in [-0.2, 0) is 0 Å². The summed E-state index contributed by atoms with van der Waals surface area (Å²) in [6.07, 6.45) is 8.31. The summed E-state index contributed by atoms with van der Waals surface area (Å²) in [5.74, 6) is 1.98. The molecular formula is C17H27NS. The molecule has 0 saturated carbocycles. The molecule has 2 heteroatoms. The first-order chi connectivity index (χ1) is 9.42. The molecule has 2 rings (SSSR count). The molecule has 1 unspecified atom stereocenters. The molecule has 1 nitrogen and oxygen atoms in total. The van der Waals surface area contributed by atoms with Gasteiger partial charge in [-0.2, -0.15) is 0 Å². The molecule has 1 aliphatic heterocycles. The van der Waals surface area contributed by atoms with E-state index in [2.05, 4.69) is 36.5 Å². The van der Waals surface area contributed by atoms with Crippen molar-refractivity contribution < 1.29 is 0 Å². The molecule has 0 aliphatic carbocycles. The van der Waals surface area contributed by atoms with E-state index in [1.165, 1.54) is 55.7 Å². The van der Waals surface area contributed by atoms with E-state index in [1.807, 2.05) is 11.8 Å². The van der Waals surface area contributed by atoms with Crippen LogP contribution < -0.4 is 5.32 Å². The van der Waals surface area contributed by atoms with Crippen LogP contribution >= 0.6 is 11.8 Å². The van der Waals surface area contributed by atoms with E-state index in [0.717, 1.165) is 12.5 Å². The van der Waals surface area contributed by atoms with Crippen LogP contribution in [0.25, 0.3) is 0 Å². The molecule has 1 atom stereocenters. The van der Waals surface area contributed by atoms with E-state index in [9.17, 15) is 0 Å². The molecule has 0 spiro atoms. The Morgan fingerprint density at radius 3 is 2.79 bits per heavy atom. The Labute approximate surface area is 122 Å². The lowest BCUT2D eigenvalue weighted by Crippen LogP contribution is -2.22.